The van der Waals surface area contributed by atoms with Crippen molar-refractivity contribution >= 4 is 28.9 Å². The number of nitrogens with zero attached hydrogens (tertiary/aromatic N) is 7. The van der Waals surface area contributed by atoms with Crippen molar-refractivity contribution in [3.05, 3.63) is 96.1 Å². The fourth-order valence-corrected chi connectivity index (χ4v) is 7.48. The highest BCUT2D eigenvalue weighted by atomic mass is 19.4. The van der Waals surface area contributed by atoms with E-state index in [1.807, 2.05) is 43.3 Å². The smallest absolute Gasteiger partial charge is 0.451 e. The van der Waals surface area contributed by atoms with Crippen molar-refractivity contribution in [2.75, 3.05) is 29.9 Å². The number of hydrogen-bond donors (Lipinski definition) is 4. The fourth-order valence-electron chi connectivity index (χ4n) is 7.48. The molecule has 1 aliphatic heterocycles. The Morgan fingerprint density at radius 3 is 2.40 bits per heavy atom. The Labute approximate surface area is 303 Å². The van der Waals surface area contributed by atoms with Crippen molar-refractivity contribution in [2.24, 2.45) is 0 Å². The molecule has 280 valence electrons. The first kappa shape index (κ1) is 36.3. The van der Waals surface area contributed by atoms with Crippen molar-refractivity contribution in [1.29, 1.82) is 0 Å². The highest BCUT2D eigenvalue weighted by molar-refractivity contribution is 5.84. The van der Waals surface area contributed by atoms with E-state index in [2.05, 4.69) is 49.9 Å². The van der Waals surface area contributed by atoms with Crippen LogP contribution in [0, 0.1) is 0 Å². The number of piperidine rings is 1. The predicted molar refractivity (Wildman–Crippen MR) is 190 cm³/mol. The van der Waals surface area contributed by atoms with Gasteiger partial charge >= 0.3 is 12.1 Å². The van der Waals surface area contributed by atoms with Crippen LogP contribution in [-0.4, -0.2) is 89.7 Å². The third kappa shape index (κ3) is 7.57. The van der Waals surface area contributed by atoms with Crippen LogP contribution in [0.15, 0.2) is 79.4 Å². The molecule has 16 heteroatoms. The maximum Gasteiger partial charge on any atom is 0.490 e. The quantitative estimate of drug-likeness (QED) is 0.132. The number of nitrogens with one attached hydrogen (secondary N) is 2. The Hall–Kier alpha value is -5.06. The summed E-state index contributed by atoms with van der Waals surface area (Å²) < 4.78 is 48.7. The minimum Gasteiger partial charge on any atom is -0.451 e. The van der Waals surface area contributed by atoms with Crippen molar-refractivity contribution in [3.8, 4) is 0 Å². The maximum absolute atomic E-state index is 13.6. The number of rotatable bonds is 12. The molecule has 0 radical (unpaired) electrons. The molecule has 1 unspecified atom stereocenters. The number of aliphatic hydroxyl groups is 2. The van der Waals surface area contributed by atoms with Crippen molar-refractivity contribution in [3.63, 3.8) is 0 Å². The Balaban J connectivity index is 1.31. The Morgan fingerprint density at radius 2 is 1.79 bits per heavy atom. The Bertz CT molecular complexity index is 1950. The number of esters is 1. The molecule has 0 amide bonds. The SMILES string of the molecule is CCN(c1nc(NCC(c2ccccc2)c2ccccc2)c2ncn([C@@H]3C[C@H](n4cc(CO)cn4)[C@@H](O)[C@H]3OC(=O)C(F)(F)F)c2n1)C1CCCCN1. The van der Waals surface area contributed by atoms with Crippen LogP contribution in [0.2, 0.25) is 0 Å². The lowest BCUT2D eigenvalue weighted by atomic mass is 9.91. The molecule has 5 aromatic rings. The van der Waals surface area contributed by atoms with Crippen LogP contribution in [-0.2, 0) is 16.1 Å². The van der Waals surface area contributed by atoms with Crippen LogP contribution in [0.25, 0.3) is 11.2 Å². The predicted octanol–water partition coefficient (Wildman–Crippen LogP) is 4.71. The number of ether oxygens (including phenoxy) is 1. The molecule has 1 saturated carbocycles. The van der Waals surface area contributed by atoms with E-state index in [-0.39, 0.29) is 25.1 Å². The minimum atomic E-state index is -5.29. The molecule has 2 aromatic carbocycles. The highest BCUT2D eigenvalue weighted by Gasteiger charge is 2.51. The van der Waals surface area contributed by atoms with Gasteiger partial charge in [0.05, 0.1) is 37.4 Å². The molecule has 2 aliphatic rings. The van der Waals surface area contributed by atoms with E-state index in [9.17, 15) is 28.2 Å². The molecule has 0 spiro atoms. The first-order valence-electron chi connectivity index (χ1n) is 17.8. The number of aromatic nitrogens is 6. The van der Waals surface area contributed by atoms with E-state index in [0.717, 1.165) is 36.9 Å². The van der Waals surface area contributed by atoms with E-state index < -0.39 is 36.4 Å². The van der Waals surface area contributed by atoms with Gasteiger partial charge in [-0.3, -0.25) is 10.00 Å². The topological polar surface area (TPSA) is 155 Å². The zero-order chi connectivity index (χ0) is 37.1. The molecule has 4 heterocycles. The second-order valence-electron chi connectivity index (χ2n) is 13.4. The lowest BCUT2D eigenvalue weighted by Crippen LogP contribution is -2.49. The van der Waals surface area contributed by atoms with Crippen LogP contribution >= 0.6 is 0 Å². The summed E-state index contributed by atoms with van der Waals surface area (Å²) in [4.78, 5) is 28.9. The molecule has 13 nitrogen and oxygen atoms in total. The number of anilines is 2. The molecule has 5 atom stereocenters. The first-order chi connectivity index (χ1) is 25.7. The largest absolute Gasteiger partial charge is 0.490 e. The van der Waals surface area contributed by atoms with Gasteiger partial charge in [-0.25, -0.2) is 9.78 Å². The van der Waals surface area contributed by atoms with Gasteiger partial charge in [0, 0.05) is 30.8 Å². The maximum atomic E-state index is 13.6. The standard InChI is InChI=1S/C37H42F3N9O4/c1-2-47(29-15-9-10-16-41-29)36-45-33(42-19-26(24-11-5-3-6-12-24)25-13-7-4-8-14-25)30-34(46-36)48(22-43-30)28-17-27(49-20-23(21-50)18-44-49)31(51)32(28)53-35(52)37(38,39)40/h3-8,11-14,18,20,22,26-29,31-32,41,50-51H,2,9-10,15-17,19,21H2,1H3,(H,42,45,46)/t27-,28+,29?,31+,32-/m0/s1. The van der Waals surface area contributed by atoms with Gasteiger partial charge in [-0.1, -0.05) is 60.7 Å². The van der Waals surface area contributed by atoms with E-state index in [4.69, 9.17) is 14.7 Å². The Kier molecular flexibility index (Phi) is 10.6. The lowest BCUT2D eigenvalue weighted by molar-refractivity contribution is -0.210. The summed E-state index contributed by atoms with van der Waals surface area (Å²) in [6, 6.07) is 18.2. The van der Waals surface area contributed by atoms with Gasteiger partial charge in [0.2, 0.25) is 5.95 Å². The van der Waals surface area contributed by atoms with Crippen molar-refractivity contribution in [2.45, 2.75) is 81.8 Å². The second-order valence-corrected chi connectivity index (χ2v) is 13.4. The number of halogens is 3. The molecule has 2 fully saturated rings. The number of hydrogen-bond acceptors (Lipinski definition) is 11. The zero-order valence-corrected chi connectivity index (χ0v) is 29.1. The third-order valence-corrected chi connectivity index (χ3v) is 10.1. The Morgan fingerprint density at radius 1 is 1.08 bits per heavy atom. The number of aliphatic hydroxyl groups excluding tert-OH is 2. The average Bonchev–Trinajstić information content (AvgIpc) is 3.90. The van der Waals surface area contributed by atoms with Crippen LogP contribution in [0.5, 0.6) is 0 Å². The van der Waals surface area contributed by atoms with Crippen LogP contribution in [0.1, 0.15) is 67.3 Å². The average molecular weight is 734 g/mol. The number of imidazole rings is 1. The third-order valence-electron chi connectivity index (χ3n) is 10.1. The summed E-state index contributed by atoms with van der Waals surface area (Å²) in [7, 11) is 0. The van der Waals surface area contributed by atoms with Gasteiger partial charge in [0.15, 0.2) is 23.1 Å². The molecular weight excluding hydrogens is 691 g/mol. The molecule has 1 aliphatic carbocycles. The molecule has 0 bridgehead atoms. The van der Waals surface area contributed by atoms with E-state index in [1.165, 1.54) is 23.4 Å². The molecule has 53 heavy (non-hydrogen) atoms. The van der Waals surface area contributed by atoms with Crippen molar-refractivity contribution in [1.82, 2.24) is 34.6 Å². The molecule has 1 saturated heterocycles. The van der Waals surface area contributed by atoms with E-state index in [0.29, 0.717) is 41.6 Å². The van der Waals surface area contributed by atoms with Gasteiger partial charge in [0.1, 0.15) is 6.10 Å². The van der Waals surface area contributed by atoms with Crippen LogP contribution in [0.3, 0.4) is 0 Å². The van der Waals surface area contributed by atoms with Gasteiger partial charge in [0.25, 0.3) is 0 Å². The van der Waals surface area contributed by atoms with Gasteiger partial charge < -0.3 is 29.7 Å². The summed E-state index contributed by atoms with van der Waals surface area (Å²) in [5.41, 5.74) is 3.29. The molecule has 4 N–H and O–H groups in total. The number of carbonyl (C=O) groups excluding carboxylic acids is 1. The van der Waals surface area contributed by atoms with Gasteiger partial charge in [-0.2, -0.15) is 28.2 Å². The molecule has 7 rings (SSSR count). The number of benzene rings is 2. The van der Waals surface area contributed by atoms with E-state index >= 15 is 0 Å². The van der Waals surface area contributed by atoms with Gasteiger partial charge in [-0.15, -0.1) is 0 Å². The second kappa shape index (κ2) is 15.5. The summed E-state index contributed by atoms with van der Waals surface area (Å²) in [6.45, 7) is 3.52. The summed E-state index contributed by atoms with van der Waals surface area (Å²) >= 11 is 0. The molecule has 3 aromatic heterocycles. The van der Waals surface area contributed by atoms with Gasteiger partial charge in [-0.05, 0) is 50.3 Å². The van der Waals surface area contributed by atoms with Crippen LogP contribution in [0.4, 0.5) is 24.9 Å². The highest BCUT2D eigenvalue weighted by Crippen LogP contribution is 2.43. The minimum absolute atomic E-state index is 0.0167. The number of alkyl halides is 3. The summed E-state index contributed by atoms with van der Waals surface area (Å²) in [6.07, 6.45) is -1.25. The number of carbonyl (C=O) groups is 1. The summed E-state index contributed by atoms with van der Waals surface area (Å²) in [5, 5.41) is 32.4. The first-order valence-corrected chi connectivity index (χ1v) is 17.8. The monoisotopic (exact) mass is 733 g/mol. The lowest BCUT2D eigenvalue weighted by Gasteiger charge is -2.34. The number of fused-ring (bicyclic) bond motifs is 1. The van der Waals surface area contributed by atoms with E-state index in [1.54, 1.807) is 4.57 Å². The normalized spacial score (nSPS) is 22.0. The van der Waals surface area contributed by atoms with Crippen LogP contribution < -0.4 is 15.5 Å². The summed E-state index contributed by atoms with van der Waals surface area (Å²) in [5.74, 6) is -1.67. The zero-order valence-electron chi connectivity index (χ0n) is 29.1. The fraction of sp³-hybridized carbons (Fsp3) is 0.432. The van der Waals surface area contributed by atoms with Crippen molar-refractivity contribution < 1.29 is 32.9 Å². The molecular formula is C37H42F3N9O4.